The van der Waals surface area contributed by atoms with E-state index in [0.29, 0.717) is 5.02 Å². The molecule has 13 heavy (non-hydrogen) atoms. The Balaban J connectivity index is 2.79. The molecule has 1 aromatic carbocycles. The summed E-state index contributed by atoms with van der Waals surface area (Å²) in [6, 6.07) is 5.64. The molecule has 0 bridgehead atoms. The van der Waals surface area contributed by atoms with E-state index in [9.17, 15) is 5.11 Å². The van der Waals surface area contributed by atoms with Crippen molar-refractivity contribution in [3.05, 3.63) is 35.0 Å². The van der Waals surface area contributed by atoms with Gasteiger partial charge in [-0.2, -0.15) is 0 Å². The normalized spacial score (nSPS) is 13.5. The van der Waals surface area contributed by atoms with Crippen LogP contribution in [0.3, 0.4) is 0 Å². The lowest BCUT2D eigenvalue weighted by molar-refractivity contribution is 0.201. The van der Waals surface area contributed by atoms with Crippen LogP contribution in [-0.2, 0) is 0 Å². The molecule has 68 valence electrons. The van der Waals surface area contributed by atoms with Gasteiger partial charge in [0, 0.05) is 22.7 Å². The molecule has 2 rings (SSSR count). The van der Waals surface area contributed by atoms with Crippen LogP contribution in [0.4, 0.5) is 0 Å². The Labute approximate surface area is 81.1 Å². The molecule has 0 aliphatic heterocycles. The van der Waals surface area contributed by atoms with E-state index >= 15 is 0 Å². The summed E-state index contributed by atoms with van der Waals surface area (Å²) in [7, 11) is 0. The van der Waals surface area contributed by atoms with Gasteiger partial charge in [-0.3, -0.25) is 0 Å². The minimum absolute atomic E-state index is 0.492. The monoisotopic (exact) mass is 195 g/mol. The highest BCUT2D eigenvalue weighted by atomic mass is 35.5. The van der Waals surface area contributed by atoms with Crippen LogP contribution in [0.2, 0.25) is 5.02 Å². The Morgan fingerprint density at radius 3 is 2.92 bits per heavy atom. The number of aromatic amines is 1. The van der Waals surface area contributed by atoms with Crippen LogP contribution in [0.5, 0.6) is 0 Å². The van der Waals surface area contributed by atoms with Gasteiger partial charge in [0.1, 0.15) is 0 Å². The van der Waals surface area contributed by atoms with Crippen LogP contribution in [0.15, 0.2) is 24.4 Å². The first-order valence-electron chi connectivity index (χ1n) is 4.13. The molecule has 0 amide bonds. The fourth-order valence-electron chi connectivity index (χ4n) is 1.49. The molecule has 0 aliphatic rings. The number of hydrogen-bond acceptors (Lipinski definition) is 1. The van der Waals surface area contributed by atoms with E-state index in [1.165, 1.54) is 0 Å². The highest BCUT2D eigenvalue weighted by molar-refractivity contribution is 6.35. The van der Waals surface area contributed by atoms with Crippen LogP contribution in [-0.4, -0.2) is 10.1 Å². The van der Waals surface area contributed by atoms with Crippen molar-refractivity contribution in [2.24, 2.45) is 0 Å². The van der Waals surface area contributed by atoms with E-state index in [0.717, 1.165) is 16.5 Å². The minimum Gasteiger partial charge on any atom is -0.389 e. The van der Waals surface area contributed by atoms with E-state index in [2.05, 4.69) is 4.98 Å². The Morgan fingerprint density at radius 1 is 1.46 bits per heavy atom. The van der Waals surface area contributed by atoms with Gasteiger partial charge in [0.15, 0.2) is 0 Å². The fraction of sp³-hybridized carbons (Fsp3) is 0.200. The van der Waals surface area contributed by atoms with Crippen LogP contribution in [0, 0.1) is 0 Å². The molecule has 0 radical (unpaired) electrons. The number of nitrogens with one attached hydrogen (secondary N) is 1. The maximum Gasteiger partial charge on any atom is 0.0783 e. The number of hydrogen-bond donors (Lipinski definition) is 2. The number of halogens is 1. The second-order valence-corrected chi connectivity index (χ2v) is 3.49. The summed E-state index contributed by atoms with van der Waals surface area (Å²) in [4.78, 5) is 3.07. The van der Waals surface area contributed by atoms with Crippen LogP contribution >= 0.6 is 11.6 Å². The number of aliphatic hydroxyl groups excluding tert-OH is 1. The largest absolute Gasteiger partial charge is 0.389 e. The first-order chi connectivity index (χ1) is 6.20. The molecule has 0 saturated carbocycles. The average molecular weight is 196 g/mol. The average Bonchev–Trinajstić information content (AvgIpc) is 2.49. The lowest BCUT2D eigenvalue weighted by atomic mass is 10.1. The summed E-state index contributed by atoms with van der Waals surface area (Å²) in [6.45, 7) is 1.73. The van der Waals surface area contributed by atoms with Crippen molar-refractivity contribution in [3.8, 4) is 0 Å². The van der Waals surface area contributed by atoms with E-state index in [1.807, 2.05) is 18.2 Å². The van der Waals surface area contributed by atoms with Crippen molar-refractivity contribution in [2.45, 2.75) is 13.0 Å². The molecule has 1 atom stereocenters. The van der Waals surface area contributed by atoms with Crippen molar-refractivity contribution >= 4 is 22.5 Å². The van der Waals surface area contributed by atoms with Crippen molar-refractivity contribution in [2.75, 3.05) is 0 Å². The zero-order valence-corrected chi connectivity index (χ0v) is 7.97. The van der Waals surface area contributed by atoms with Crippen LogP contribution < -0.4 is 0 Å². The quantitative estimate of drug-likeness (QED) is 0.721. The summed E-state index contributed by atoms with van der Waals surface area (Å²) < 4.78 is 0. The molecule has 3 heteroatoms. The molecule has 0 fully saturated rings. The number of aliphatic hydroxyl groups is 1. The fourth-order valence-corrected chi connectivity index (χ4v) is 1.78. The predicted molar refractivity (Wildman–Crippen MR) is 53.9 cm³/mol. The van der Waals surface area contributed by atoms with Gasteiger partial charge < -0.3 is 10.1 Å². The van der Waals surface area contributed by atoms with Gasteiger partial charge in [-0.05, 0) is 19.1 Å². The Bertz CT molecular complexity index is 433. The van der Waals surface area contributed by atoms with Crippen LogP contribution in [0.25, 0.3) is 10.9 Å². The van der Waals surface area contributed by atoms with Gasteiger partial charge in [0.05, 0.1) is 11.1 Å². The second-order valence-electron chi connectivity index (χ2n) is 3.08. The van der Waals surface area contributed by atoms with Crippen molar-refractivity contribution in [1.82, 2.24) is 4.98 Å². The van der Waals surface area contributed by atoms with Crippen LogP contribution in [0.1, 0.15) is 18.6 Å². The molecular formula is C10H10ClNO. The lowest BCUT2D eigenvalue weighted by Gasteiger charge is -2.02. The molecular weight excluding hydrogens is 186 g/mol. The molecule has 2 N–H and O–H groups in total. The van der Waals surface area contributed by atoms with Gasteiger partial charge >= 0.3 is 0 Å². The molecule has 2 aromatic rings. The smallest absolute Gasteiger partial charge is 0.0783 e. The number of fused-ring (bicyclic) bond motifs is 1. The van der Waals surface area contributed by atoms with E-state index in [4.69, 9.17) is 11.6 Å². The summed E-state index contributed by atoms with van der Waals surface area (Å²) in [5.74, 6) is 0. The summed E-state index contributed by atoms with van der Waals surface area (Å²) in [5, 5.41) is 11.0. The third kappa shape index (κ3) is 1.32. The number of aromatic nitrogens is 1. The van der Waals surface area contributed by atoms with E-state index in [-0.39, 0.29) is 0 Å². The third-order valence-corrected chi connectivity index (χ3v) is 2.45. The minimum atomic E-state index is -0.492. The molecule has 2 nitrogen and oxygen atoms in total. The van der Waals surface area contributed by atoms with Crippen molar-refractivity contribution < 1.29 is 5.11 Å². The zero-order chi connectivity index (χ0) is 9.42. The number of benzene rings is 1. The first-order valence-corrected chi connectivity index (χ1v) is 4.51. The molecule has 0 spiro atoms. The zero-order valence-electron chi connectivity index (χ0n) is 7.21. The molecule has 1 unspecified atom stereocenters. The molecule has 0 saturated heterocycles. The number of rotatable bonds is 1. The predicted octanol–water partition coefficient (Wildman–Crippen LogP) is 2.87. The first kappa shape index (κ1) is 8.60. The highest BCUT2D eigenvalue weighted by Crippen LogP contribution is 2.29. The van der Waals surface area contributed by atoms with Gasteiger partial charge in [-0.1, -0.05) is 17.7 Å². The summed E-state index contributed by atoms with van der Waals surface area (Å²) >= 11 is 6.02. The van der Waals surface area contributed by atoms with E-state index < -0.39 is 6.10 Å². The van der Waals surface area contributed by atoms with Gasteiger partial charge in [-0.25, -0.2) is 0 Å². The molecule has 0 aliphatic carbocycles. The van der Waals surface area contributed by atoms with Crippen molar-refractivity contribution in [1.29, 1.82) is 0 Å². The third-order valence-electron chi connectivity index (χ3n) is 2.14. The van der Waals surface area contributed by atoms with E-state index in [1.54, 1.807) is 13.1 Å². The Morgan fingerprint density at radius 2 is 2.23 bits per heavy atom. The second kappa shape index (κ2) is 3.05. The molecule has 1 heterocycles. The summed E-state index contributed by atoms with van der Waals surface area (Å²) in [5.41, 5.74) is 1.81. The summed E-state index contributed by atoms with van der Waals surface area (Å²) in [6.07, 6.45) is 1.30. The Kier molecular flexibility index (Phi) is 2.02. The Hall–Kier alpha value is -0.990. The maximum atomic E-state index is 9.46. The van der Waals surface area contributed by atoms with Gasteiger partial charge in [0.2, 0.25) is 0 Å². The number of H-pyrrole nitrogens is 1. The standard InChI is InChI=1S/C10H10ClNO/c1-6(13)7-5-12-9-4-2-3-8(11)10(7)9/h2-6,12-13H,1H3. The van der Waals surface area contributed by atoms with Gasteiger partial charge in [0.25, 0.3) is 0 Å². The maximum absolute atomic E-state index is 9.46. The SMILES string of the molecule is CC(O)c1c[nH]c2cccc(Cl)c12. The lowest BCUT2D eigenvalue weighted by Crippen LogP contribution is -1.88. The van der Waals surface area contributed by atoms with Gasteiger partial charge in [-0.15, -0.1) is 0 Å². The molecule has 1 aromatic heterocycles. The topological polar surface area (TPSA) is 36.0 Å². The van der Waals surface area contributed by atoms with Crippen molar-refractivity contribution in [3.63, 3.8) is 0 Å². The highest BCUT2D eigenvalue weighted by Gasteiger charge is 2.10.